The molecule has 0 saturated carbocycles. The number of halogens is 1. The summed E-state index contributed by atoms with van der Waals surface area (Å²) in [6.07, 6.45) is 7.41. The number of fused-ring (bicyclic) bond motifs is 1. The summed E-state index contributed by atoms with van der Waals surface area (Å²) in [6.45, 7) is 0. The van der Waals surface area contributed by atoms with Crippen LogP contribution in [0.2, 0.25) is 0 Å². The number of benzene rings is 1. The lowest BCUT2D eigenvalue weighted by atomic mass is 10.0. The molecule has 0 amide bonds. The molecule has 25 heavy (non-hydrogen) atoms. The van der Waals surface area contributed by atoms with Gasteiger partial charge < -0.3 is 9.47 Å². The number of carbonyl (C=O) groups is 2. The van der Waals surface area contributed by atoms with Gasteiger partial charge in [-0.25, -0.2) is 9.18 Å². The molecule has 0 aromatic heterocycles. The molecule has 0 heterocycles. The first-order valence-electron chi connectivity index (χ1n) is 8.06. The molecule has 0 atom stereocenters. The van der Waals surface area contributed by atoms with Gasteiger partial charge in [0.15, 0.2) is 5.78 Å². The number of Topliss-reactive ketones (excluding diaryl/α,β-unsaturated/α-hetero) is 1. The largest absolute Gasteiger partial charge is 0.497 e. The minimum atomic E-state index is -0.719. The molecule has 0 N–H and O–H groups in total. The van der Waals surface area contributed by atoms with Crippen LogP contribution in [0.25, 0.3) is 6.08 Å². The quantitative estimate of drug-likeness (QED) is 0.602. The van der Waals surface area contributed by atoms with Crippen LogP contribution < -0.4 is 4.74 Å². The third-order valence-corrected chi connectivity index (χ3v) is 3.96. The molecule has 5 heteroatoms. The van der Waals surface area contributed by atoms with Gasteiger partial charge in [-0.15, -0.1) is 0 Å². The van der Waals surface area contributed by atoms with E-state index in [9.17, 15) is 14.0 Å². The van der Waals surface area contributed by atoms with Crippen LogP contribution in [-0.4, -0.2) is 26.0 Å². The second kappa shape index (κ2) is 8.97. The highest BCUT2D eigenvalue weighted by Gasteiger charge is 2.18. The maximum Gasteiger partial charge on any atom is 0.341 e. The summed E-state index contributed by atoms with van der Waals surface area (Å²) in [7, 11) is 2.80. The van der Waals surface area contributed by atoms with Crippen molar-refractivity contribution in [2.24, 2.45) is 0 Å². The van der Waals surface area contributed by atoms with Crippen molar-refractivity contribution in [1.29, 1.82) is 0 Å². The molecule has 0 unspecified atom stereocenters. The van der Waals surface area contributed by atoms with Crippen molar-refractivity contribution in [3.63, 3.8) is 0 Å². The van der Waals surface area contributed by atoms with Crippen LogP contribution in [0.5, 0.6) is 5.75 Å². The average Bonchev–Trinajstić information content (AvgIpc) is 2.63. The Balaban J connectivity index is 2.44. The molecular formula is C20H21FO4. The maximum atomic E-state index is 13.9. The monoisotopic (exact) mass is 344 g/mol. The molecule has 0 radical (unpaired) electrons. The molecule has 1 aromatic carbocycles. The topological polar surface area (TPSA) is 52.6 Å². The molecule has 1 aromatic rings. The van der Waals surface area contributed by atoms with Crippen LogP contribution >= 0.6 is 0 Å². The average molecular weight is 344 g/mol. The van der Waals surface area contributed by atoms with Crippen molar-refractivity contribution >= 4 is 17.8 Å². The SMILES string of the molecule is COC(=O)/C1=C/C=C\c2ccc(OC)cc2CC/C=C(/F)CCC1=O. The zero-order valence-electron chi connectivity index (χ0n) is 14.4. The van der Waals surface area contributed by atoms with Crippen LogP contribution in [0, 0.1) is 0 Å². The van der Waals surface area contributed by atoms with Gasteiger partial charge in [-0.3, -0.25) is 4.79 Å². The van der Waals surface area contributed by atoms with Crippen molar-refractivity contribution in [1.82, 2.24) is 0 Å². The first kappa shape index (κ1) is 18.6. The van der Waals surface area contributed by atoms with Gasteiger partial charge in [0, 0.05) is 12.8 Å². The highest BCUT2D eigenvalue weighted by molar-refractivity contribution is 6.17. The van der Waals surface area contributed by atoms with Crippen molar-refractivity contribution in [2.45, 2.75) is 25.7 Å². The minimum absolute atomic E-state index is 0.0259. The van der Waals surface area contributed by atoms with Crippen molar-refractivity contribution < 1.29 is 23.5 Å². The van der Waals surface area contributed by atoms with Gasteiger partial charge in [0.25, 0.3) is 0 Å². The fourth-order valence-corrected chi connectivity index (χ4v) is 2.57. The first-order valence-corrected chi connectivity index (χ1v) is 8.06. The lowest BCUT2D eigenvalue weighted by Crippen LogP contribution is -2.14. The third-order valence-electron chi connectivity index (χ3n) is 3.96. The van der Waals surface area contributed by atoms with Gasteiger partial charge in [-0.2, -0.15) is 0 Å². The van der Waals surface area contributed by atoms with E-state index in [1.54, 1.807) is 13.2 Å². The first-order chi connectivity index (χ1) is 12.0. The molecule has 0 aliphatic heterocycles. The Morgan fingerprint density at radius 3 is 2.68 bits per heavy atom. The summed E-state index contributed by atoms with van der Waals surface area (Å²) in [6, 6.07) is 5.62. The van der Waals surface area contributed by atoms with Gasteiger partial charge >= 0.3 is 5.97 Å². The van der Waals surface area contributed by atoms with E-state index in [-0.39, 0.29) is 24.2 Å². The van der Waals surface area contributed by atoms with E-state index in [1.165, 1.54) is 19.3 Å². The Kier molecular flexibility index (Phi) is 6.69. The molecule has 2 rings (SSSR count). The Labute approximate surface area is 146 Å². The predicted molar refractivity (Wildman–Crippen MR) is 93.9 cm³/mol. The smallest absolute Gasteiger partial charge is 0.341 e. The van der Waals surface area contributed by atoms with E-state index >= 15 is 0 Å². The number of esters is 1. The molecule has 132 valence electrons. The standard InChI is InChI=1S/C20H21FO4/c1-24-17-11-9-14-5-4-8-18(20(23)25-2)19(22)12-10-16(21)7-3-6-15(14)13-17/h4-5,7-9,11,13H,3,6,10,12H2,1-2H3/b5-4-,16-7+,18-8+. The zero-order valence-corrected chi connectivity index (χ0v) is 14.4. The van der Waals surface area contributed by atoms with Crippen LogP contribution in [0.1, 0.15) is 30.4 Å². The maximum absolute atomic E-state index is 13.9. The summed E-state index contributed by atoms with van der Waals surface area (Å²) < 4.78 is 23.8. The fourth-order valence-electron chi connectivity index (χ4n) is 2.57. The van der Waals surface area contributed by atoms with E-state index in [1.807, 2.05) is 24.3 Å². The second-order valence-corrected chi connectivity index (χ2v) is 5.61. The molecule has 4 nitrogen and oxygen atoms in total. The highest BCUT2D eigenvalue weighted by atomic mass is 19.1. The predicted octanol–water partition coefficient (Wildman–Crippen LogP) is 3.96. The van der Waals surface area contributed by atoms with Crippen LogP contribution in [0.3, 0.4) is 0 Å². The third kappa shape index (κ3) is 5.14. The highest BCUT2D eigenvalue weighted by Crippen LogP contribution is 2.22. The van der Waals surface area contributed by atoms with Gasteiger partial charge in [-0.1, -0.05) is 24.3 Å². The van der Waals surface area contributed by atoms with Crippen LogP contribution in [-0.2, 0) is 20.7 Å². The molecule has 1 aliphatic rings. The summed E-state index contributed by atoms with van der Waals surface area (Å²) in [5, 5.41) is 0. The summed E-state index contributed by atoms with van der Waals surface area (Å²) in [5.74, 6) is -0.783. The molecule has 0 spiro atoms. The van der Waals surface area contributed by atoms with Crippen molar-refractivity contribution in [3.05, 3.63) is 59.0 Å². The number of methoxy groups -OCH3 is 2. The van der Waals surface area contributed by atoms with Gasteiger partial charge in [0.1, 0.15) is 11.3 Å². The van der Waals surface area contributed by atoms with E-state index in [0.717, 1.165) is 16.9 Å². The second-order valence-electron chi connectivity index (χ2n) is 5.61. The number of hydrogen-bond acceptors (Lipinski definition) is 4. The molecule has 1 aliphatic carbocycles. The number of aryl methyl sites for hydroxylation is 1. The Hall–Kier alpha value is -2.69. The van der Waals surface area contributed by atoms with Gasteiger partial charge in [0.05, 0.1) is 20.0 Å². The number of allylic oxidation sites excluding steroid dienone is 4. The number of ether oxygens (including phenoxy) is 2. The number of rotatable bonds is 2. The fraction of sp³-hybridized carbons (Fsp3) is 0.300. The van der Waals surface area contributed by atoms with E-state index < -0.39 is 11.8 Å². The normalized spacial score (nSPS) is 21.2. The Morgan fingerprint density at radius 1 is 1.16 bits per heavy atom. The van der Waals surface area contributed by atoms with E-state index in [0.29, 0.717) is 12.8 Å². The lowest BCUT2D eigenvalue weighted by Gasteiger charge is -2.08. The molecule has 0 saturated heterocycles. The van der Waals surface area contributed by atoms with Crippen LogP contribution in [0.4, 0.5) is 4.39 Å². The Morgan fingerprint density at radius 2 is 1.96 bits per heavy atom. The molecule has 0 fully saturated rings. The van der Waals surface area contributed by atoms with E-state index in [2.05, 4.69) is 4.74 Å². The lowest BCUT2D eigenvalue weighted by molar-refractivity contribution is -0.137. The summed E-state index contributed by atoms with van der Waals surface area (Å²) in [4.78, 5) is 24.0. The van der Waals surface area contributed by atoms with E-state index in [4.69, 9.17) is 4.74 Å². The summed E-state index contributed by atoms with van der Waals surface area (Å²) in [5.41, 5.74) is 1.83. The number of carbonyl (C=O) groups excluding carboxylic acids is 2. The number of hydrogen-bond donors (Lipinski definition) is 0. The van der Waals surface area contributed by atoms with Crippen molar-refractivity contribution in [3.8, 4) is 5.75 Å². The number of ketones is 1. The Bertz CT molecular complexity index is 744. The molecule has 0 bridgehead atoms. The van der Waals surface area contributed by atoms with Crippen LogP contribution in [0.15, 0.2) is 47.8 Å². The zero-order chi connectivity index (χ0) is 18.2. The van der Waals surface area contributed by atoms with Gasteiger partial charge in [0.2, 0.25) is 0 Å². The minimum Gasteiger partial charge on any atom is -0.497 e. The van der Waals surface area contributed by atoms with Gasteiger partial charge in [-0.05, 0) is 42.2 Å². The van der Waals surface area contributed by atoms with Crippen molar-refractivity contribution in [2.75, 3.05) is 14.2 Å². The summed E-state index contributed by atoms with van der Waals surface area (Å²) >= 11 is 0. The molecular weight excluding hydrogens is 323 g/mol.